The first-order valence-electron chi connectivity index (χ1n) is 15.3. The Morgan fingerprint density at radius 3 is 2.20 bits per heavy atom. The van der Waals surface area contributed by atoms with Crippen molar-refractivity contribution in [3.05, 3.63) is 120 Å². The van der Waals surface area contributed by atoms with Gasteiger partial charge in [0, 0.05) is 42.5 Å². The summed E-state index contributed by atoms with van der Waals surface area (Å²) in [6.45, 7) is 2.85. The monoisotopic (exact) mass is 591 g/mol. The Balaban J connectivity index is 1.41. The minimum Gasteiger partial charge on any atom is -0.480 e. The number of carbonyl (C=O) groups excluding carboxylic acids is 2. The van der Waals surface area contributed by atoms with Crippen LogP contribution in [0.4, 0.5) is 16.2 Å². The Kier molecular flexibility index (Phi) is 11.7. The summed E-state index contributed by atoms with van der Waals surface area (Å²) < 4.78 is 0. The van der Waals surface area contributed by atoms with Gasteiger partial charge in [0.05, 0.1) is 0 Å². The van der Waals surface area contributed by atoms with Gasteiger partial charge < -0.3 is 15.7 Å². The predicted molar refractivity (Wildman–Crippen MR) is 178 cm³/mol. The molecule has 1 unspecified atom stereocenters. The number of hydrogen-bond donors (Lipinski definition) is 3. The molecule has 4 rings (SSSR count). The minimum absolute atomic E-state index is 0.132. The topological polar surface area (TPSA) is 98.7 Å². The highest BCUT2D eigenvalue weighted by Crippen LogP contribution is 2.26. The van der Waals surface area contributed by atoms with Crippen LogP contribution in [0.15, 0.2) is 103 Å². The highest BCUT2D eigenvalue weighted by molar-refractivity contribution is 6.12. The fraction of sp³-hybridized carbons (Fsp3) is 0.270. The van der Waals surface area contributed by atoms with E-state index in [0.29, 0.717) is 23.4 Å². The van der Waals surface area contributed by atoms with Crippen molar-refractivity contribution in [2.24, 2.45) is 0 Å². The number of carbonyl (C=O) groups is 3. The van der Waals surface area contributed by atoms with Crippen LogP contribution in [-0.2, 0) is 11.2 Å². The molecule has 0 radical (unpaired) electrons. The van der Waals surface area contributed by atoms with E-state index in [1.807, 2.05) is 54.6 Å². The second-order valence-electron chi connectivity index (χ2n) is 10.9. The summed E-state index contributed by atoms with van der Waals surface area (Å²) in [5.41, 5.74) is 4.98. The predicted octanol–water partition coefficient (Wildman–Crippen LogP) is 7.81. The normalized spacial score (nSPS) is 11.4. The SMILES string of the molecule is CCCCCCCNC(=O)N(C)c1cccc(-c2ccc(CC(Nc3ccccc3C(=O)c3ccccc3)C(=O)O)cc2)c1. The molecule has 3 N–H and O–H groups in total. The third kappa shape index (κ3) is 8.80. The first-order valence-corrected chi connectivity index (χ1v) is 15.3. The molecule has 0 heterocycles. The zero-order valence-electron chi connectivity index (χ0n) is 25.5. The van der Waals surface area contributed by atoms with Crippen LogP contribution >= 0.6 is 0 Å². The summed E-state index contributed by atoms with van der Waals surface area (Å²) in [6, 6.07) is 30.4. The molecule has 2 amide bonds. The standard InChI is InChI=1S/C37H41N3O4/c1-3-4-5-6-12-24-38-37(44)40(2)31-17-13-16-30(26-31)28-22-20-27(21-23-28)25-34(36(42)43)39-33-19-11-10-18-32(33)35(41)29-14-8-7-9-15-29/h7-11,13-23,26,34,39H,3-6,12,24-25H2,1-2H3,(H,38,44)(H,42,43). The van der Waals surface area contributed by atoms with Crippen LogP contribution in [0.25, 0.3) is 11.1 Å². The lowest BCUT2D eigenvalue weighted by molar-refractivity contribution is -0.137. The number of carboxylic acids is 1. The number of aliphatic carboxylic acids is 1. The zero-order chi connectivity index (χ0) is 31.3. The number of rotatable bonds is 15. The first kappa shape index (κ1) is 32.0. The third-order valence-corrected chi connectivity index (χ3v) is 7.66. The Morgan fingerprint density at radius 2 is 1.48 bits per heavy atom. The molecule has 44 heavy (non-hydrogen) atoms. The number of benzene rings is 4. The van der Waals surface area contributed by atoms with Crippen molar-refractivity contribution >= 4 is 29.2 Å². The Bertz CT molecular complexity index is 1540. The van der Waals surface area contributed by atoms with Crippen LogP contribution in [0.3, 0.4) is 0 Å². The number of para-hydroxylation sites is 1. The number of amides is 2. The van der Waals surface area contributed by atoms with Crippen LogP contribution in [-0.4, -0.2) is 42.5 Å². The molecule has 0 aliphatic carbocycles. The van der Waals surface area contributed by atoms with Gasteiger partial charge >= 0.3 is 12.0 Å². The van der Waals surface area contributed by atoms with E-state index in [0.717, 1.165) is 35.2 Å². The number of urea groups is 1. The summed E-state index contributed by atoms with van der Waals surface area (Å²) >= 11 is 0. The maximum Gasteiger partial charge on any atom is 0.326 e. The molecule has 1 atom stereocenters. The maximum atomic E-state index is 13.1. The lowest BCUT2D eigenvalue weighted by Crippen LogP contribution is -2.37. The van der Waals surface area contributed by atoms with Gasteiger partial charge in [0.1, 0.15) is 6.04 Å². The number of nitrogens with zero attached hydrogens (tertiary/aromatic N) is 1. The second-order valence-corrected chi connectivity index (χ2v) is 10.9. The fourth-order valence-electron chi connectivity index (χ4n) is 5.06. The number of hydrogen-bond acceptors (Lipinski definition) is 4. The third-order valence-electron chi connectivity index (χ3n) is 7.66. The molecule has 7 heteroatoms. The second kappa shape index (κ2) is 16.1. The van der Waals surface area contributed by atoms with Crippen molar-refractivity contribution in [3.8, 4) is 11.1 Å². The van der Waals surface area contributed by atoms with Gasteiger partial charge in [0.2, 0.25) is 0 Å². The van der Waals surface area contributed by atoms with E-state index in [-0.39, 0.29) is 18.2 Å². The lowest BCUT2D eigenvalue weighted by atomic mass is 9.98. The minimum atomic E-state index is -1.01. The molecule has 0 spiro atoms. The van der Waals surface area contributed by atoms with E-state index in [4.69, 9.17) is 0 Å². The molecular weight excluding hydrogens is 550 g/mol. The van der Waals surface area contributed by atoms with Crippen molar-refractivity contribution < 1.29 is 19.5 Å². The molecular formula is C37H41N3O4. The Morgan fingerprint density at radius 1 is 0.773 bits per heavy atom. The van der Waals surface area contributed by atoms with Crippen LogP contribution in [0.2, 0.25) is 0 Å². The fourth-order valence-corrected chi connectivity index (χ4v) is 5.06. The van der Waals surface area contributed by atoms with Gasteiger partial charge in [-0.15, -0.1) is 0 Å². The van der Waals surface area contributed by atoms with E-state index in [1.165, 1.54) is 19.3 Å². The maximum absolute atomic E-state index is 13.1. The molecule has 228 valence electrons. The number of nitrogens with one attached hydrogen (secondary N) is 2. The van der Waals surface area contributed by atoms with E-state index in [1.54, 1.807) is 60.5 Å². The molecule has 4 aromatic carbocycles. The molecule has 0 aliphatic heterocycles. The zero-order valence-corrected chi connectivity index (χ0v) is 25.5. The van der Waals surface area contributed by atoms with Crippen LogP contribution in [0.1, 0.15) is 60.5 Å². The van der Waals surface area contributed by atoms with Crippen LogP contribution in [0, 0.1) is 0 Å². The van der Waals surface area contributed by atoms with Gasteiger partial charge in [0.25, 0.3) is 0 Å². The van der Waals surface area contributed by atoms with Crippen LogP contribution < -0.4 is 15.5 Å². The van der Waals surface area contributed by atoms with E-state index < -0.39 is 12.0 Å². The summed E-state index contributed by atoms with van der Waals surface area (Å²) in [4.78, 5) is 39.7. The van der Waals surface area contributed by atoms with Crippen molar-refractivity contribution in [1.82, 2.24) is 5.32 Å². The molecule has 0 bridgehead atoms. The lowest BCUT2D eigenvalue weighted by Gasteiger charge is -2.19. The van der Waals surface area contributed by atoms with Gasteiger partial charge in [-0.25, -0.2) is 9.59 Å². The molecule has 0 aromatic heterocycles. The molecule has 0 saturated carbocycles. The number of anilines is 2. The van der Waals surface area contributed by atoms with Gasteiger partial charge in [-0.1, -0.05) is 111 Å². The molecule has 0 aliphatic rings. The summed E-state index contributed by atoms with van der Waals surface area (Å²) in [7, 11) is 1.76. The van der Waals surface area contributed by atoms with Gasteiger partial charge in [-0.05, 0) is 47.4 Å². The number of ketones is 1. The van der Waals surface area contributed by atoms with Crippen molar-refractivity contribution in [2.75, 3.05) is 23.8 Å². The summed E-state index contributed by atoms with van der Waals surface area (Å²) in [6.07, 6.45) is 5.94. The first-order chi connectivity index (χ1) is 21.4. The van der Waals surface area contributed by atoms with Crippen molar-refractivity contribution in [1.29, 1.82) is 0 Å². The quantitative estimate of drug-likeness (QED) is 0.0968. The van der Waals surface area contributed by atoms with Gasteiger partial charge in [0.15, 0.2) is 5.78 Å². The van der Waals surface area contributed by atoms with Crippen LogP contribution in [0.5, 0.6) is 0 Å². The van der Waals surface area contributed by atoms with Gasteiger partial charge in [-0.3, -0.25) is 9.69 Å². The van der Waals surface area contributed by atoms with Crippen molar-refractivity contribution in [3.63, 3.8) is 0 Å². The highest BCUT2D eigenvalue weighted by atomic mass is 16.4. The Labute approximate surface area is 259 Å². The molecule has 0 saturated heterocycles. The van der Waals surface area contributed by atoms with Gasteiger partial charge in [-0.2, -0.15) is 0 Å². The molecule has 4 aromatic rings. The Hall–Kier alpha value is -4.91. The molecule has 7 nitrogen and oxygen atoms in total. The highest BCUT2D eigenvalue weighted by Gasteiger charge is 2.21. The number of carboxylic acid groups (broad SMARTS) is 1. The molecule has 0 fully saturated rings. The van der Waals surface area contributed by atoms with Crippen molar-refractivity contribution in [2.45, 2.75) is 51.5 Å². The average Bonchev–Trinajstić information content (AvgIpc) is 3.06. The smallest absolute Gasteiger partial charge is 0.326 e. The average molecular weight is 592 g/mol. The summed E-state index contributed by atoms with van der Waals surface area (Å²) in [5, 5.41) is 16.1. The largest absolute Gasteiger partial charge is 0.480 e. The number of unbranched alkanes of at least 4 members (excludes halogenated alkanes) is 4. The van der Waals surface area contributed by atoms with E-state index >= 15 is 0 Å². The van der Waals surface area contributed by atoms with E-state index in [9.17, 15) is 19.5 Å². The van der Waals surface area contributed by atoms with E-state index in [2.05, 4.69) is 17.6 Å². The summed E-state index contributed by atoms with van der Waals surface area (Å²) in [5.74, 6) is -1.18.